The van der Waals surface area contributed by atoms with Gasteiger partial charge in [-0.3, -0.25) is 19.5 Å². The number of ether oxygens (including phenoxy) is 1. The third kappa shape index (κ3) is 11.2. The summed E-state index contributed by atoms with van der Waals surface area (Å²) in [6.45, 7) is 18.4. The van der Waals surface area contributed by atoms with Gasteiger partial charge in [0.05, 0.1) is 13.2 Å². The predicted molar refractivity (Wildman–Crippen MR) is 182 cm³/mol. The lowest BCUT2D eigenvalue weighted by atomic mass is 10.1. The molecule has 3 N–H and O–H groups in total. The number of rotatable bonds is 18. The van der Waals surface area contributed by atoms with Crippen molar-refractivity contribution in [1.82, 2.24) is 15.4 Å². The Bertz CT molecular complexity index is 1440. The van der Waals surface area contributed by atoms with Gasteiger partial charge < -0.3 is 23.2 Å². The molecule has 0 atom stereocenters. The van der Waals surface area contributed by atoms with Crippen LogP contribution in [0.2, 0.25) is 18.1 Å². The maximum absolute atomic E-state index is 12.9. The van der Waals surface area contributed by atoms with E-state index in [0.29, 0.717) is 12.4 Å². The van der Waals surface area contributed by atoms with Crippen molar-refractivity contribution in [3.63, 3.8) is 0 Å². The fourth-order valence-electron chi connectivity index (χ4n) is 4.51. The van der Waals surface area contributed by atoms with E-state index in [1.54, 1.807) is 25.4 Å². The summed E-state index contributed by atoms with van der Waals surface area (Å²) in [6, 6.07) is 13.8. The number of amides is 1. The molecule has 0 saturated heterocycles. The number of H-pyrrole nitrogens is 1. The summed E-state index contributed by atoms with van der Waals surface area (Å²) in [7, 11) is -5.21. The molecular formula is C33H50N3O7PSi. The van der Waals surface area contributed by atoms with Crippen molar-refractivity contribution >= 4 is 38.8 Å². The van der Waals surface area contributed by atoms with E-state index in [0.717, 1.165) is 53.6 Å². The molecule has 0 aliphatic carbocycles. The van der Waals surface area contributed by atoms with Gasteiger partial charge in [-0.15, -0.1) is 0 Å². The van der Waals surface area contributed by atoms with Crippen LogP contribution in [0.3, 0.4) is 0 Å². The van der Waals surface area contributed by atoms with Gasteiger partial charge in [-0.2, -0.15) is 0 Å². The van der Waals surface area contributed by atoms with Crippen LogP contribution in [0.1, 0.15) is 51.3 Å². The fourth-order valence-corrected chi connectivity index (χ4v) is 6.86. The highest BCUT2D eigenvalue weighted by molar-refractivity contribution is 7.53. The van der Waals surface area contributed by atoms with Gasteiger partial charge in [0.25, 0.3) is 5.91 Å². The van der Waals surface area contributed by atoms with Crippen molar-refractivity contribution in [3.05, 3.63) is 71.4 Å². The summed E-state index contributed by atoms with van der Waals surface area (Å²) in [5.74, 6) is 0.0344. The molecule has 0 aliphatic heterocycles. The van der Waals surface area contributed by atoms with E-state index in [4.69, 9.17) is 23.4 Å². The van der Waals surface area contributed by atoms with E-state index in [1.165, 1.54) is 6.08 Å². The molecule has 1 heterocycles. The monoisotopic (exact) mass is 659 g/mol. The first-order chi connectivity index (χ1) is 21.3. The van der Waals surface area contributed by atoms with Crippen molar-refractivity contribution in [1.29, 1.82) is 0 Å². The Morgan fingerprint density at radius 3 is 2.38 bits per heavy atom. The zero-order valence-electron chi connectivity index (χ0n) is 27.7. The Hall–Kier alpha value is -2.76. The van der Waals surface area contributed by atoms with Crippen molar-refractivity contribution < 1.29 is 32.8 Å². The second-order valence-electron chi connectivity index (χ2n) is 12.4. The predicted octanol–water partition coefficient (Wildman–Crippen LogP) is 7.36. The van der Waals surface area contributed by atoms with Crippen LogP contribution in [0.5, 0.6) is 5.75 Å². The smallest absolute Gasteiger partial charge is 0.367 e. The van der Waals surface area contributed by atoms with Crippen LogP contribution in [-0.4, -0.2) is 68.6 Å². The number of aromatic amines is 1. The number of carbonyl (C=O) groups is 1. The molecule has 0 fully saturated rings. The Morgan fingerprint density at radius 1 is 1.07 bits per heavy atom. The number of fused-ring (bicyclic) bond motifs is 1. The van der Waals surface area contributed by atoms with Crippen molar-refractivity contribution in [2.75, 3.05) is 39.3 Å². The topological polar surface area (TPSA) is 122 Å². The van der Waals surface area contributed by atoms with Gasteiger partial charge in [0, 0.05) is 49.4 Å². The molecule has 0 bridgehead atoms. The minimum atomic E-state index is -3.33. The summed E-state index contributed by atoms with van der Waals surface area (Å²) >= 11 is 0. The van der Waals surface area contributed by atoms with Crippen LogP contribution in [0.15, 0.2) is 54.7 Å². The minimum Gasteiger partial charge on any atom is -0.481 e. The number of benzene rings is 2. The van der Waals surface area contributed by atoms with Gasteiger partial charge in [-0.25, -0.2) is 5.48 Å². The number of hydroxylamine groups is 1. The second kappa shape index (κ2) is 16.7. The minimum absolute atomic E-state index is 0.136. The molecule has 12 heteroatoms. The summed E-state index contributed by atoms with van der Waals surface area (Å²) in [4.78, 5) is 17.1. The molecule has 1 aromatic heterocycles. The van der Waals surface area contributed by atoms with E-state index in [9.17, 15) is 9.36 Å². The van der Waals surface area contributed by atoms with E-state index >= 15 is 0 Å². The number of aromatic nitrogens is 1. The summed E-state index contributed by atoms with van der Waals surface area (Å²) in [6.07, 6.45) is 5.63. The first-order valence-corrected chi connectivity index (χ1v) is 20.1. The third-order valence-corrected chi connectivity index (χ3v) is 14.4. The molecule has 248 valence electrons. The van der Waals surface area contributed by atoms with Crippen molar-refractivity contribution in [2.24, 2.45) is 0 Å². The van der Waals surface area contributed by atoms with Gasteiger partial charge in [0.1, 0.15) is 5.75 Å². The molecule has 0 unspecified atom stereocenters. The molecule has 3 aromatic rings. The highest BCUT2D eigenvalue weighted by Gasteiger charge is 2.37. The lowest BCUT2D eigenvalue weighted by Crippen LogP contribution is -2.43. The summed E-state index contributed by atoms with van der Waals surface area (Å²) < 4.78 is 36.0. The maximum Gasteiger partial charge on any atom is 0.367 e. The molecular weight excluding hydrogens is 609 g/mol. The van der Waals surface area contributed by atoms with E-state index in [2.05, 4.69) is 55.9 Å². The average molecular weight is 660 g/mol. The molecule has 0 aliphatic rings. The number of nitrogens with zero attached hydrogens (tertiary/aromatic N) is 1. The van der Waals surface area contributed by atoms with Crippen LogP contribution in [0, 0.1) is 0 Å². The van der Waals surface area contributed by atoms with Crippen LogP contribution in [0.4, 0.5) is 0 Å². The van der Waals surface area contributed by atoms with Gasteiger partial charge in [-0.1, -0.05) is 45.0 Å². The Kier molecular flexibility index (Phi) is 13.6. The number of carbonyl (C=O) groups excluding carboxylic acids is 1. The molecule has 1 amide bonds. The summed E-state index contributed by atoms with van der Waals surface area (Å²) in [5, 5.41) is 9.90. The molecule has 2 aromatic carbocycles. The number of hydrogen-bond donors (Lipinski definition) is 3. The Morgan fingerprint density at radius 2 is 1.76 bits per heavy atom. The van der Waals surface area contributed by atoms with Crippen LogP contribution >= 0.6 is 7.60 Å². The number of hydrogen-bond acceptors (Lipinski definition) is 8. The van der Waals surface area contributed by atoms with E-state index < -0.39 is 21.8 Å². The highest BCUT2D eigenvalue weighted by Crippen LogP contribution is 2.48. The third-order valence-electron chi connectivity index (χ3n) is 8.08. The molecule has 0 spiro atoms. The molecule has 10 nitrogen and oxygen atoms in total. The van der Waals surface area contributed by atoms with E-state index in [-0.39, 0.29) is 24.6 Å². The van der Waals surface area contributed by atoms with Gasteiger partial charge in [0.15, 0.2) is 14.7 Å². The maximum atomic E-state index is 12.9. The van der Waals surface area contributed by atoms with Crippen molar-refractivity contribution in [3.8, 4) is 5.75 Å². The van der Waals surface area contributed by atoms with E-state index in [1.807, 2.05) is 36.5 Å². The quantitative estimate of drug-likeness (QED) is 0.0426. The molecule has 0 saturated carbocycles. The van der Waals surface area contributed by atoms with Crippen LogP contribution < -0.4 is 10.2 Å². The average Bonchev–Trinajstić information content (AvgIpc) is 3.40. The standard InChI is InChI=1S/C33H50N3O7PSi/c1-8-41-44(39,42-9-2)25-40-29-15-16-31-30(22-29)28(23-34-31)18-19-36(20-21-43-45(6,7)33(3,4)5)24-27-12-10-26(11-13-27)14-17-32(37)35-38/h10-17,22-23,34,38H,8-9,18-21,24-25H2,1-7H3,(H,35,37)/b17-14+. The molecule has 45 heavy (non-hydrogen) atoms. The fraction of sp³-hybridized carbons (Fsp3) is 0.485. The lowest BCUT2D eigenvalue weighted by molar-refractivity contribution is -0.124. The number of nitrogens with one attached hydrogen (secondary N) is 2. The van der Waals surface area contributed by atoms with Crippen LogP contribution in [0.25, 0.3) is 17.0 Å². The SMILES string of the molecule is CCOP(=O)(COc1ccc2[nH]cc(CCN(CCO[Si](C)(C)C(C)(C)C)Cc3ccc(/C=C/C(=O)NO)cc3)c2c1)OCC. The lowest BCUT2D eigenvalue weighted by Gasteiger charge is -2.37. The highest BCUT2D eigenvalue weighted by atomic mass is 31.2. The summed E-state index contributed by atoms with van der Waals surface area (Å²) in [5.41, 5.74) is 5.77. The Balaban J connectivity index is 1.74. The second-order valence-corrected chi connectivity index (χ2v) is 19.2. The zero-order chi connectivity index (χ0) is 33.1. The van der Waals surface area contributed by atoms with Crippen LogP contribution in [-0.2, 0) is 35.8 Å². The Labute approximate surface area is 268 Å². The normalized spacial score (nSPS) is 12.8. The first-order valence-electron chi connectivity index (χ1n) is 15.5. The van der Waals surface area contributed by atoms with Gasteiger partial charge >= 0.3 is 7.60 Å². The first kappa shape index (κ1) is 36.7. The van der Waals surface area contributed by atoms with Crippen molar-refractivity contribution in [2.45, 2.75) is 65.7 Å². The zero-order valence-corrected chi connectivity index (χ0v) is 29.6. The molecule has 0 radical (unpaired) electrons. The van der Waals surface area contributed by atoms with Gasteiger partial charge in [-0.05, 0) is 79.4 Å². The van der Waals surface area contributed by atoms with Gasteiger partial charge in [0.2, 0.25) is 0 Å². The largest absolute Gasteiger partial charge is 0.481 e. The molecule has 3 rings (SSSR count).